The smallest absolute Gasteiger partial charge is 0.227 e. The molecule has 0 spiro atoms. The van der Waals surface area contributed by atoms with Crippen LogP contribution in [0.1, 0.15) is 0 Å². The third-order valence-electron chi connectivity index (χ3n) is 10.1. The summed E-state index contributed by atoms with van der Waals surface area (Å²) in [7, 11) is 0. The van der Waals surface area contributed by atoms with Crippen LogP contribution in [-0.2, 0) is 0 Å². The van der Waals surface area contributed by atoms with Crippen molar-refractivity contribution in [1.82, 2.24) is 24.5 Å². The van der Waals surface area contributed by atoms with E-state index in [1.54, 1.807) is 6.20 Å². The number of benzene rings is 7. The fourth-order valence-corrected chi connectivity index (χ4v) is 7.69. The highest BCUT2D eigenvalue weighted by Gasteiger charge is 2.19. The molecule has 0 saturated carbocycles. The van der Waals surface area contributed by atoms with Gasteiger partial charge in [-0.3, -0.25) is 0 Å². The van der Waals surface area contributed by atoms with Crippen molar-refractivity contribution in [2.75, 3.05) is 0 Å². The largest absolute Gasteiger partial charge is 0.438 e. The van der Waals surface area contributed by atoms with Crippen LogP contribution < -0.4 is 0 Å². The summed E-state index contributed by atoms with van der Waals surface area (Å²) in [6.07, 6.45) is 1.74. The van der Waals surface area contributed by atoms with Gasteiger partial charge in [-0.05, 0) is 70.8 Å². The molecular weight excluding hydrogens is 639 g/mol. The molecule has 4 heterocycles. The molecule has 11 aromatic rings. The van der Waals surface area contributed by atoms with E-state index in [2.05, 4.69) is 137 Å². The van der Waals surface area contributed by atoms with Crippen LogP contribution in [0.5, 0.6) is 0 Å². The number of hydrogen-bond donors (Lipinski definition) is 0. The van der Waals surface area contributed by atoms with Crippen molar-refractivity contribution in [2.24, 2.45) is 0 Å². The van der Waals surface area contributed by atoms with Gasteiger partial charge in [0.05, 0.1) is 11.0 Å². The average molecular weight is 666 g/mol. The van der Waals surface area contributed by atoms with E-state index in [0.29, 0.717) is 23.2 Å². The van der Waals surface area contributed by atoms with Gasteiger partial charge in [-0.2, -0.15) is 0 Å². The Kier molecular flexibility index (Phi) is 6.15. The zero-order valence-corrected chi connectivity index (χ0v) is 27.7. The molecule has 11 rings (SSSR count). The van der Waals surface area contributed by atoms with Crippen molar-refractivity contribution in [3.05, 3.63) is 164 Å². The van der Waals surface area contributed by atoms with Crippen LogP contribution in [-0.4, -0.2) is 24.5 Å². The second-order valence-corrected chi connectivity index (χ2v) is 13.1. The molecular formula is C46H27N5O. The Balaban J connectivity index is 1.12. The fourth-order valence-electron chi connectivity index (χ4n) is 7.69. The first-order valence-electron chi connectivity index (χ1n) is 17.3. The van der Waals surface area contributed by atoms with Crippen LogP contribution in [0.25, 0.3) is 105 Å². The Morgan fingerprint density at radius 2 is 1.15 bits per heavy atom. The number of furan rings is 1. The molecule has 6 heteroatoms. The minimum atomic E-state index is 0.572. The Labute approximate surface area is 297 Å². The predicted molar refractivity (Wildman–Crippen MR) is 211 cm³/mol. The maximum absolute atomic E-state index is 6.14. The van der Waals surface area contributed by atoms with Gasteiger partial charge >= 0.3 is 0 Å². The average Bonchev–Trinajstić information content (AvgIpc) is 3.77. The highest BCUT2D eigenvalue weighted by atomic mass is 16.3. The van der Waals surface area contributed by atoms with Gasteiger partial charge in [-0.1, -0.05) is 103 Å². The first-order chi connectivity index (χ1) is 25.8. The highest BCUT2D eigenvalue weighted by Crippen LogP contribution is 2.38. The first-order valence-corrected chi connectivity index (χ1v) is 17.3. The summed E-state index contributed by atoms with van der Waals surface area (Å²) in [4.78, 5) is 19.8. The number of pyridine rings is 1. The van der Waals surface area contributed by atoms with Crippen molar-refractivity contribution >= 4 is 65.4 Å². The summed E-state index contributed by atoms with van der Waals surface area (Å²) < 4.78 is 8.51. The predicted octanol–water partition coefficient (Wildman–Crippen LogP) is 11.6. The molecule has 0 saturated heterocycles. The van der Waals surface area contributed by atoms with Gasteiger partial charge in [0.1, 0.15) is 5.58 Å². The van der Waals surface area contributed by atoms with E-state index < -0.39 is 0 Å². The molecule has 0 aliphatic rings. The van der Waals surface area contributed by atoms with Gasteiger partial charge in [-0.15, -0.1) is 0 Å². The van der Waals surface area contributed by atoms with E-state index in [-0.39, 0.29) is 0 Å². The van der Waals surface area contributed by atoms with Crippen molar-refractivity contribution in [3.8, 4) is 39.9 Å². The molecule has 7 aromatic carbocycles. The summed E-state index contributed by atoms with van der Waals surface area (Å²) in [5, 5.41) is 9.04. The van der Waals surface area contributed by atoms with E-state index in [1.165, 1.54) is 27.1 Å². The van der Waals surface area contributed by atoms with E-state index in [4.69, 9.17) is 19.4 Å². The van der Waals surface area contributed by atoms with E-state index in [1.807, 2.05) is 30.3 Å². The lowest BCUT2D eigenvalue weighted by Gasteiger charge is -2.12. The molecule has 0 N–H and O–H groups in total. The summed E-state index contributed by atoms with van der Waals surface area (Å²) >= 11 is 0. The Hall–Kier alpha value is -7.18. The van der Waals surface area contributed by atoms with Crippen LogP contribution in [0.15, 0.2) is 168 Å². The minimum Gasteiger partial charge on any atom is -0.438 e. The number of aromatic nitrogens is 5. The Morgan fingerprint density at radius 3 is 2.04 bits per heavy atom. The number of hydrogen-bond acceptors (Lipinski definition) is 5. The van der Waals surface area contributed by atoms with Crippen LogP contribution >= 0.6 is 0 Å². The second kappa shape index (κ2) is 11.2. The van der Waals surface area contributed by atoms with Gasteiger partial charge in [-0.25, -0.2) is 19.9 Å². The molecule has 0 unspecified atom stereocenters. The quantitative estimate of drug-likeness (QED) is 0.187. The van der Waals surface area contributed by atoms with Crippen molar-refractivity contribution < 1.29 is 4.42 Å². The summed E-state index contributed by atoms with van der Waals surface area (Å²) in [5.41, 5.74) is 7.43. The molecule has 0 amide bonds. The van der Waals surface area contributed by atoms with Crippen LogP contribution in [0.4, 0.5) is 0 Å². The lowest BCUT2D eigenvalue weighted by atomic mass is 10.1. The Bertz CT molecular complexity index is 3190. The molecule has 0 aliphatic carbocycles. The minimum absolute atomic E-state index is 0.572. The number of para-hydroxylation sites is 1. The number of nitrogens with zero attached hydrogens (tertiary/aromatic N) is 5. The molecule has 242 valence electrons. The molecule has 0 radical (unpaired) electrons. The monoisotopic (exact) mass is 665 g/mol. The summed E-state index contributed by atoms with van der Waals surface area (Å²) in [6.45, 7) is 0. The molecule has 6 nitrogen and oxygen atoms in total. The van der Waals surface area contributed by atoms with Crippen molar-refractivity contribution in [1.29, 1.82) is 0 Å². The van der Waals surface area contributed by atoms with Crippen molar-refractivity contribution in [2.45, 2.75) is 0 Å². The van der Waals surface area contributed by atoms with Gasteiger partial charge in [0.15, 0.2) is 17.5 Å². The summed E-state index contributed by atoms with van der Waals surface area (Å²) in [5.74, 6) is 1.77. The third kappa shape index (κ3) is 4.38. The highest BCUT2D eigenvalue weighted by molar-refractivity contribution is 6.18. The summed E-state index contributed by atoms with van der Waals surface area (Å²) in [6, 6.07) is 54.8. The lowest BCUT2D eigenvalue weighted by molar-refractivity contribution is 0.654. The fraction of sp³-hybridized carbons (Fsp3) is 0. The molecule has 0 fully saturated rings. The van der Waals surface area contributed by atoms with Crippen molar-refractivity contribution in [3.63, 3.8) is 0 Å². The lowest BCUT2D eigenvalue weighted by Crippen LogP contribution is -2.01. The zero-order valence-electron chi connectivity index (χ0n) is 27.7. The molecule has 52 heavy (non-hydrogen) atoms. The van der Waals surface area contributed by atoms with Crippen LogP contribution in [0, 0.1) is 0 Å². The number of fused-ring (bicyclic) bond motifs is 9. The van der Waals surface area contributed by atoms with E-state index in [9.17, 15) is 0 Å². The normalized spacial score (nSPS) is 11.8. The standard InChI is InChI=1S/C46H27N5O/c1-2-11-31-27-32(19-18-28(31)9-1)44-48-43(49-45(50-44)37-14-7-17-40-41(37)38-15-8-26-47-46(38)52-40)30-20-23-33(24-21-30)51-39-16-6-5-13-35(39)36-25-22-29-10-3-4-12-34(29)42(36)51/h1-27H. The van der Waals surface area contributed by atoms with Gasteiger partial charge in [0, 0.05) is 55.5 Å². The van der Waals surface area contributed by atoms with Gasteiger partial charge in [0.2, 0.25) is 5.71 Å². The molecule has 0 bridgehead atoms. The van der Waals surface area contributed by atoms with Gasteiger partial charge < -0.3 is 8.98 Å². The van der Waals surface area contributed by atoms with E-state index in [0.717, 1.165) is 55.0 Å². The Morgan fingerprint density at radius 1 is 0.462 bits per heavy atom. The number of rotatable bonds is 4. The molecule has 4 aromatic heterocycles. The molecule has 0 aliphatic heterocycles. The second-order valence-electron chi connectivity index (χ2n) is 13.1. The zero-order chi connectivity index (χ0) is 34.2. The first kappa shape index (κ1) is 28.6. The van der Waals surface area contributed by atoms with Gasteiger partial charge in [0.25, 0.3) is 0 Å². The van der Waals surface area contributed by atoms with E-state index >= 15 is 0 Å². The maximum atomic E-state index is 6.14. The van der Waals surface area contributed by atoms with Crippen LogP contribution in [0.2, 0.25) is 0 Å². The SMILES string of the molecule is c1ccc2cc(-c3nc(-c4ccc(-n5c6ccccc6c6ccc7ccccc7c65)cc4)nc(-c4cccc5oc6ncccc6c45)n3)ccc2c1. The maximum Gasteiger partial charge on any atom is 0.227 e. The van der Waals surface area contributed by atoms with Crippen LogP contribution in [0.3, 0.4) is 0 Å². The molecule has 0 atom stereocenters. The third-order valence-corrected chi connectivity index (χ3v) is 10.1. The topological polar surface area (TPSA) is 69.6 Å².